The van der Waals surface area contributed by atoms with Gasteiger partial charge in [-0.1, -0.05) is 12.1 Å². The first-order valence-electron chi connectivity index (χ1n) is 7.01. The summed E-state index contributed by atoms with van der Waals surface area (Å²) in [7, 11) is 0. The number of carbonyl (C=O) groups is 1. The van der Waals surface area contributed by atoms with E-state index in [2.05, 4.69) is 10.3 Å². The molecular weight excluding hydrogens is 358 g/mol. The molecule has 0 saturated heterocycles. The smallest absolute Gasteiger partial charge is 0.268 e. The highest BCUT2D eigenvalue weighted by molar-refractivity contribution is 7.16. The van der Waals surface area contributed by atoms with Crippen molar-refractivity contribution in [1.82, 2.24) is 4.98 Å². The fourth-order valence-electron chi connectivity index (χ4n) is 1.98. The lowest BCUT2D eigenvalue weighted by Gasteiger charge is -2.02. The van der Waals surface area contributed by atoms with Gasteiger partial charge in [0.05, 0.1) is 10.6 Å². The summed E-state index contributed by atoms with van der Waals surface area (Å²) in [6, 6.07) is 9.70. The fourth-order valence-corrected chi connectivity index (χ4v) is 3.44. The van der Waals surface area contributed by atoms with E-state index in [0.29, 0.717) is 10.7 Å². The van der Waals surface area contributed by atoms with Crippen LogP contribution < -0.4 is 5.32 Å². The Balaban J connectivity index is 1.78. The SMILES string of the molecule is N#C/C(=C\c1ccc(O)c(O)c1)C(=O)Nc1nc(-c2cccs2)cs1. The number of anilines is 1. The number of phenols is 2. The molecule has 0 aliphatic heterocycles. The number of hydrogen-bond acceptors (Lipinski definition) is 7. The van der Waals surface area contributed by atoms with E-state index in [1.807, 2.05) is 29.0 Å². The maximum Gasteiger partial charge on any atom is 0.268 e. The van der Waals surface area contributed by atoms with Crippen LogP contribution in [-0.4, -0.2) is 21.1 Å². The molecule has 6 nitrogen and oxygen atoms in total. The van der Waals surface area contributed by atoms with E-state index >= 15 is 0 Å². The van der Waals surface area contributed by atoms with Crippen LogP contribution in [0.15, 0.2) is 46.7 Å². The van der Waals surface area contributed by atoms with Crippen LogP contribution in [0.5, 0.6) is 11.5 Å². The first-order valence-corrected chi connectivity index (χ1v) is 8.77. The summed E-state index contributed by atoms with van der Waals surface area (Å²) in [6.45, 7) is 0. The number of rotatable bonds is 4. The van der Waals surface area contributed by atoms with Crippen LogP contribution in [0.3, 0.4) is 0 Å². The van der Waals surface area contributed by atoms with Crippen molar-refractivity contribution in [2.45, 2.75) is 0 Å². The van der Waals surface area contributed by atoms with Crippen LogP contribution in [-0.2, 0) is 4.79 Å². The first-order chi connectivity index (χ1) is 12.1. The van der Waals surface area contributed by atoms with Gasteiger partial charge < -0.3 is 10.2 Å². The Hall–Kier alpha value is -3.15. The summed E-state index contributed by atoms with van der Waals surface area (Å²) in [5, 5.41) is 34.7. The van der Waals surface area contributed by atoms with E-state index in [1.54, 1.807) is 11.3 Å². The van der Waals surface area contributed by atoms with Crippen molar-refractivity contribution in [3.8, 4) is 28.1 Å². The lowest BCUT2D eigenvalue weighted by Crippen LogP contribution is -2.13. The molecule has 0 saturated carbocycles. The molecule has 0 fully saturated rings. The molecule has 124 valence electrons. The van der Waals surface area contributed by atoms with E-state index in [1.165, 1.54) is 35.6 Å². The molecule has 3 N–H and O–H groups in total. The molecule has 0 bridgehead atoms. The number of aromatic nitrogens is 1. The van der Waals surface area contributed by atoms with Crippen LogP contribution in [0.2, 0.25) is 0 Å². The normalized spacial score (nSPS) is 11.1. The molecule has 0 unspecified atom stereocenters. The monoisotopic (exact) mass is 369 g/mol. The zero-order chi connectivity index (χ0) is 17.8. The standard InChI is InChI=1S/C17H11N3O3S2/c18-8-11(6-10-3-4-13(21)14(22)7-10)16(23)20-17-19-12(9-25-17)15-2-1-5-24-15/h1-7,9,21-22H,(H,19,20,23)/b11-6+. The van der Waals surface area contributed by atoms with Crippen LogP contribution in [0, 0.1) is 11.3 Å². The Kier molecular flexibility index (Phi) is 4.79. The molecule has 3 rings (SSSR count). The van der Waals surface area contributed by atoms with Gasteiger partial charge in [0.1, 0.15) is 11.6 Å². The number of carbonyl (C=O) groups excluding carboxylic acids is 1. The number of thiazole rings is 1. The number of nitrogens with one attached hydrogen (secondary N) is 1. The highest BCUT2D eigenvalue weighted by atomic mass is 32.1. The number of benzene rings is 1. The predicted molar refractivity (Wildman–Crippen MR) is 97.4 cm³/mol. The minimum atomic E-state index is -0.595. The highest BCUT2D eigenvalue weighted by Gasteiger charge is 2.13. The lowest BCUT2D eigenvalue weighted by atomic mass is 10.1. The van der Waals surface area contributed by atoms with Crippen molar-refractivity contribution < 1.29 is 15.0 Å². The molecule has 25 heavy (non-hydrogen) atoms. The Morgan fingerprint density at radius 3 is 2.76 bits per heavy atom. The van der Waals surface area contributed by atoms with Crippen LogP contribution >= 0.6 is 22.7 Å². The second-order valence-electron chi connectivity index (χ2n) is 4.89. The van der Waals surface area contributed by atoms with Gasteiger partial charge in [0.2, 0.25) is 0 Å². The average Bonchev–Trinajstić information content (AvgIpc) is 3.27. The maximum atomic E-state index is 12.3. The Bertz CT molecular complexity index is 985. The molecule has 2 aromatic heterocycles. The van der Waals surface area contributed by atoms with Gasteiger partial charge >= 0.3 is 0 Å². The Labute approximate surface area is 151 Å². The number of phenolic OH excluding ortho intramolecular Hbond substituents is 2. The number of thiophene rings is 1. The number of hydrogen-bond donors (Lipinski definition) is 3. The van der Waals surface area contributed by atoms with Gasteiger partial charge in [0.25, 0.3) is 5.91 Å². The van der Waals surface area contributed by atoms with E-state index in [0.717, 1.165) is 10.6 Å². The summed E-state index contributed by atoms with van der Waals surface area (Å²) in [5.74, 6) is -1.20. The summed E-state index contributed by atoms with van der Waals surface area (Å²) in [6.07, 6.45) is 1.32. The van der Waals surface area contributed by atoms with Gasteiger partial charge in [-0.3, -0.25) is 10.1 Å². The van der Waals surface area contributed by atoms with Gasteiger partial charge in [0.15, 0.2) is 16.6 Å². The topological polar surface area (TPSA) is 106 Å². The molecule has 3 aromatic rings. The number of amides is 1. The first kappa shape index (κ1) is 16.7. The molecule has 0 aliphatic carbocycles. The molecule has 0 radical (unpaired) electrons. The van der Waals surface area contributed by atoms with Gasteiger partial charge in [-0.15, -0.1) is 22.7 Å². The molecule has 0 aliphatic rings. The maximum absolute atomic E-state index is 12.3. The molecular formula is C17H11N3O3S2. The zero-order valence-electron chi connectivity index (χ0n) is 12.6. The van der Waals surface area contributed by atoms with Crippen molar-refractivity contribution in [3.63, 3.8) is 0 Å². The van der Waals surface area contributed by atoms with E-state index in [4.69, 9.17) is 0 Å². The number of aromatic hydroxyl groups is 2. The van der Waals surface area contributed by atoms with Crippen LogP contribution in [0.25, 0.3) is 16.6 Å². The van der Waals surface area contributed by atoms with Gasteiger partial charge in [-0.05, 0) is 35.2 Å². The third-order valence-electron chi connectivity index (χ3n) is 3.17. The minimum absolute atomic E-state index is 0.141. The Morgan fingerprint density at radius 2 is 2.08 bits per heavy atom. The fraction of sp³-hybridized carbons (Fsp3) is 0. The van der Waals surface area contributed by atoms with Crippen molar-refractivity contribution in [2.24, 2.45) is 0 Å². The Morgan fingerprint density at radius 1 is 1.24 bits per heavy atom. The van der Waals surface area contributed by atoms with Crippen molar-refractivity contribution in [2.75, 3.05) is 5.32 Å². The lowest BCUT2D eigenvalue weighted by molar-refractivity contribution is -0.112. The van der Waals surface area contributed by atoms with Gasteiger partial charge in [-0.25, -0.2) is 4.98 Å². The third kappa shape index (κ3) is 3.85. The highest BCUT2D eigenvalue weighted by Crippen LogP contribution is 2.29. The van der Waals surface area contributed by atoms with Gasteiger partial charge in [0, 0.05) is 5.38 Å². The quantitative estimate of drug-likeness (QED) is 0.368. The molecule has 1 aromatic carbocycles. The second kappa shape index (κ2) is 7.17. The molecule has 0 atom stereocenters. The van der Waals surface area contributed by atoms with Crippen molar-refractivity contribution in [1.29, 1.82) is 5.26 Å². The summed E-state index contributed by atoms with van der Waals surface area (Å²) >= 11 is 2.82. The summed E-state index contributed by atoms with van der Waals surface area (Å²) < 4.78 is 0. The van der Waals surface area contributed by atoms with E-state index in [-0.39, 0.29) is 17.1 Å². The molecule has 2 heterocycles. The third-order valence-corrected chi connectivity index (χ3v) is 4.82. The van der Waals surface area contributed by atoms with Crippen LogP contribution in [0.4, 0.5) is 5.13 Å². The van der Waals surface area contributed by atoms with Crippen molar-refractivity contribution >= 4 is 39.8 Å². The van der Waals surface area contributed by atoms with Crippen LogP contribution in [0.1, 0.15) is 5.56 Å². The number of nitriles is 1. The summed E-state index contributed by atoms with van der Waals surface area (Å²) in [5.41, 5.74) is 1.04. The van der Waals surface area contributed by atoms with Crippen molar-refractivity contribution in [3.05, 3.63) is 52.2 Å². The van der Waals surface area contributed by atoms with E-state index in [9.17, 15) is 20.3 Å². The minimum Gasteiger partial charge on any atom is -0.504 e. The zero-order valence-corrected chi connectivity index (χ0v) is 14.3. The largest absolute Gasteiger partial charge is 0.504 e. The average molecular weight is 369 g/mol. The molecule has 0 spiro atoms. The molecule has 8 heteroatoms. The second-order valence-corrected chi connectivity index (χ2v) is 6.69. The predicted octanol–water partition coefficient (Wildman–Crippen LogP) is 3.83. The van der Waals surface area contributed by atoms with Gasteiger partial charge in [-0.2, -0.15) is 5.26 Å². The summed E-state index contributed by atoms with van der Waals surface area (Å²) in [4.78, 5) is 17.6. The molecule has 1 amide bonds. The van der Waals surface area contributed by atoms with E-state index < -0.39 is 5.91 Å². The number of nitrogens with zero attached hydrogens (tertiary/aromatic N) is 2.